The molecule has 1 aromatic heterocycles. The molecule has 1 saturated heterocycles. The van der Waals surface area contributed by atoms with Crippen molar-refractivity contribution in [2.24, 2.45) is 11.8 Å². The molecule has 2 aliphatic heterocycles. The average molecular weight is 389 g/mol. The van der Waals surface area contributed by atoms with Gasteiger partial charge in [-0.25, -0.2) is 0 Å². The minimum Gasteiger partial charge on any atom is -0.481 e. The van der Waals surface area contributed by atoms with Crippen molar-refractivity contribution in [1.82, 2.24) is 9.78 Å². The zero-order valence-electron chi connectivity index (χ0n) is 15.4. The summed E-state index contributed by atoms with van der Waals surface area (Å²) in [6, 6.07) is 14.3. The molecule has 0 spiro atoms. The van der Waals surface area contributed by atoms with E-state index in [9.17, 15) is 14.7 Å². The lowest BCUT2D eigenvalue weighted by Gasteiger charge is -2.20. The maximum atomic E-state index is 12.7. The number of nitrogens with zero attached hydrogens (tertiary/aromatic N) is 2. The van der Waals surface area contributed by atoms with E-state index in [1.807, 2.05) is 18.2 Å². The van der Waals surface area contributed by atoms with E-state index < -0.39 is 30.0 Å². The van der Waals surface area contributed by atoms with Crippen molar-refractivity contribution >= 4 is 28.3 Å². The normalized spacial score (nSPS) is 24.8. The van der Waals surface area contributed by atoms with Gasteiger partial charge >= 0.3 is 5.97 Å². The highest BCUT2D eigenvalue weighted by atomic mass is 16.5. The molecule has 1 fully saturated rings. The van der Waals surface area contributed by atoms with E-state index in [0.29, 0.717) is 12.2 Å². The van der Waals surface area contributed by atoms with E-state index >= 15 is 0 Å². The van der Waals surface area contributed by atoms with Gasteiger partial charge in [0.05, 0.1) is 36.6 Å². The van der Waals surface area contributed by atoms with Gasteiger partial charge in [0.1, 0.15) is 5.92 Å². The van der Waals surface area contributed by atoms with Crippen LogP contribution in [0.15, 0.2) is 67.0 Å². The number of ether oxygens (including phenoxy) is 1. The molecule has 2 N–H and O–H groups in total. The highest BCUT2D eigenvalue weighted by Crippen LogP contribution is 2.39. The first kappa shape index (κ1) is 17.6. The summed E-state index contributed by atoms with van der Waals surface area (Å²) in [5.41, 5.74) is 1.66. The van der Waals surface area contributed by atoms with E-state index in [0.717, 1.165) is 16.3 Å². The van der Waals surface area contributed by atoms with E-state index in [1.54, 1.807) is 29.2 Å². The van der Waals surface area contributed by atoms with E-state index in [2.05, 4.69) is 34.7 Å². The van der Waals surface area contributed by atoms with E-state index in [4.69, 9.17) is 4.74 Å². The molecule has 1 amide bonds. The highest BCUT2D eigenvalue weighted by molar-refractivity contribution is 5.96. The van der Waals surface area contributed by atoms with Gasteiger partial charge in [0, 0.05) is 6.20 Å². The smallest absolute Gasteiger partial charge is 0.310 e. The number of fused-ring (bicyclic) bond motifs is 3. The number of carboxylic acids is 1. The molecule has 7 nitrogen and oxygen atoms in total. The van der Waals surface area contributed by atoms with Crippen molar-refractivity contribution in [2.75, 3.05) is 5.32 Å². The number of hydrogen-bond acceptors (Lipinski definition) is 4. The first-order valence-electron chi connectivity index (χ1n) is 9.47. The Morgan fingerprint density at radius 2 is 1.83 bits per heavy atom. The average Bonchev–Trinajstić information content (AvgIpc) is 3.44. The molecule has 0 unspecified atom stereocenters. The van der Waals surface area contributed by atoms with Crippen LogP contribution in [0.4, 0.5) is 5.69 Å². The van der Waals surface area contributed by atoms with E-state index in [1.165, 1.54) is 0 Å². The fraction of sp³-hybridized carbons (Fsp3) is 0.227. The third kappa shape index (κ3) is 3.09. The van der Waals surface area contributed by atoms with Crippen LogP contribution >= 0.6 is 0 Å². The monoisotopic (exact) mass is 389 g/mol. The number of carboxylic acid groups (broad SMARTS) is 1. The number of anilines is 1. The highest BCUT2D eigenvalue weighted by Gasteiger charge is 2.53. The van der Waals surface area contributed by atoms with Crippen LogP contribution in [0.1, 0.15) is 5.56 Å². The molecule has 0 saturated carbocycles. The largest absolute Gasteiger partial charge is 0.481 e. The van der Waals surface area contributed by atoms with Crippen molar-refractivity contribution in [2.45, 2.75) is 18.8 Å². The van der Waals surface area contributed by atoms with Crippen LogP contribution in [-0.4, -0.2) is 39.0 Å². The summed E-state index contributed by atoms with van der Waals surface area (Å²) in [5.74, 6) is -2.99. The topological polar surface area (TPSA) is 93.5 Å². The summed E-state index contributed by atoms with van der Waals surface area (Å²) in [6.45, 7) is 0.564. The number of benzene rings is 2. The fourth-order valence-electron chi connectivity index (χ4n) is 4.26. The van der Waals surface area contributed by atoms with Crippen molar-refractivity contribution in [3.63, 3.8) is 0 Å². The van der Waals surface area contributed by atoms with Gasteiger partial charge in [-0.3, -0.25) is 14.3 Å². The van der Waals surface area contributed by atoms with Gasteiger partial charge in [-0.05, 0) is 16.3 Å². The zero-order chi connectivity index (χ0) is 20.0. The summed E-state index contributed by atoms with van der Waals surface area (Å²) in [7, 11) is 0. The minimum atomic E-state index is -1.02. The van der Waals surface area contributed by atoms with Crippen LogP contribution in [0.3, 0.4) is 0 Å². The molecule has 7 heteroatoms. The Morgan fingerprint density at radius 3 is 2.66 bits per heavy atom. The van der Waals surface area contributed by atoms with Gasteiger partial charge in [-0.1, -0.05) is 54.6 Å². The molecule has 2 bridgehead atoms. The Morgan fingerprint density at radius 1 is 1.07 bits per heavy atom. The number of aromatic nitrogens is 2. The third-order valence-corrected chi connectivity index (χ3v) is 5.60. The van der Waals surface area contributed by atoms with Crippen molar-refractivity contribution in [1.29, 1.82) is 0 Å². The third-order valence-electron chi connectivity index (χ3n) is 5.60. The Labute approximate surface area is 166 Å². The summed E-state index contributed by atoms with van der Waals surface area (Å²) >= 11 is 0. The number of carbonyl (C=O) groups excluding carboxylic acids is 1. The van der Waals surface area contributed by atoms with Gasteiger partial charge < -0.3 is 15.2 Å². The zero-order valence-corrected chi connectivity index (χ0v) is 15.4. The summed E-state index contributed by atoms with van der Waals surface area (Å²) in [4.78, 5) is 24.3. The number of aliphatic carboxylic acids is 1. The minimum absolute atomic E-state index is 0.362. The first-order chi connectivity index (χ1) is 14.1. The van der Waals surface area contributed by atoms with Crippen LogP contribution in [0.5, 0.6) is 0 Å². The van der Waals surface area contributed by atoms with E-state index in [-0.39, 0.29) is 5.91 Å². The SMILES string of the molecule is O=C(O)[C@H]1[C@H](C(=O)Nc2cnn(Cc3cccc4ccccc34)c2)[C@H]2C=C[C@H]1O2. The molecule has 3 aromatic rings. The standard InChI is InChI=1S/C22H19N3O4/c26-21(19-17-8-9-18(29-17)20(19)22(27)28)24-15-10-23-25(12-15)11-14-6-3-5-13-4-1-2-7-16(13)14/h1-10,12,17-20H,11H2,(H,24,26)(H,27,28)/t17-,18-,19-,20-/m1/s1. The molecule has 0 radical (unpaired) electrons. The molecule has 2 aliphatic rings. The second-order valence-electron chi connectivity index (χ2n) is 7.39. The van der Waals surface area contributed by atoms with Crippen LogP contribution < -0.4 is 5.32 Å². The Bertz CT molecular complexity index is 1130. The molecule has 5 rings (SSSR count). The lowest BCUT2D eigenvalue weighted by molar-refractivity contribution is -0.145. The summed E-state index contributed by atoms with van der Waals surface area (Å²) < 4.78 is 7.32. The van der Waals surface area contributed by atoms with Gasteiger partial charge in [0.15, 0.2) is 0 Å². The molecule has 2 aromatic carbocycles. The van der Waals surface area contributed by atoms with Crippen molar-refractivity contribution < 1.29 is 19.4 Å². The maximum Gasteiger partial charge on any atom is 0.310 e. The number of nitrogens with one attached hydrogen (secondary N) is 1. The molecule has 0 aliphatic carbocycles. The van der Waals surface area contributed by atoms with Gasteiger partial charge in [0.25, 0.3) is 0 Å². The first-order valence-corrected chi connectivity index (χ1v) is 9.47. The Kier molecular flexibility index (Phi) is 4.17. The van der Waals surface area contributed by atoms with Crippen LogP contribution in [0.2, 0.25) is 0 Å². The molecular formula is C22H19N3O4. The van der Waals surface area contributed by atoms with Gasteiger partial charge in [-0.15, -0.1) is 0 Å². The number of rotatable bonds is 5. The fourth-order valence-corrected chi connectivity index (χ4v) is 4.26. The predicted octanol–water partition coefficient (Wildman–Crippen LogP) is 2.68. The Hall–Kier alpha value is -3.45. The number of carbonyl (C=O) groups is 2. The molecule has 3 heterocycles. The lowest BCUT2D eigenvalue weighted by atomic mass is 9.82. The number of amides is 1. The molecule has 29 heavy (non-hydrogen) atoms. The lowest BCUT2D eigenvalue weighted by Crippen LogP contribution is -2.39. The molecule has 4 atom stereocenters. The molecule has 146 valence electrons. The Balaban J connectivity index is 1.32. The van der Waals surface area contributed by atoms with Crippen LogP contribution in [0, 0.1) is 11.8 Å². The summed E-state index contributed by atoms with van der Waals surface area (Å²) in [5, 5.41) is 18.9. The second kappa shape index (κ2) is 6.86. The van der Waals surface area contributed by atoms with Crippen LogP contribution in [-0.2, 0) is 20.9 Å². The van der Waals surface area contributed by atoms with Crippen molar-refractivity contribution in [3.05, 3.63) is 72.6 Å². The summed E-state index contributed by atoms with van der Waals surface area (Å²) in [6.07, 6.45) is 5.77. The quantitative estimate of drug-likeness (QED) is 0.655. The second-order valence-corrected chi connectivity index (χ2v) is 7.39. The number of hydrogen-bond donors (Lipinski definition) is 2. The molecular weight excluding hydrogens is 370 g/mol. The maximum absolute atomic E-state index is 12.7. The predicted molar refractivity (Wildman–Crippen MR) is 106 cm³/mol. The van der Waals surface area contributed by atoms with Gasteiger partial charge in [0.2, 0.25) is 5.91 Å². The van der Waals surface area contributed by atoms with Crippen molar-refractivity contribution in [3.8, 4) is 0 Å². The van der Waals surface area contributed by atoms with Crippen LogP contribution in [0.25, 0.3) is 10.8 Å². The van der Waals surface area contributed by atoms with Gasteiger partial charge in [-0.2, -0.15) is 5.10 Å².